The predicted octanol–water partition coefficient (Wildman–Crippen LogP) is 8.04. The third-order valence-corrected chi connectivity index (χ3v) is 5.49. The van der Waals surface area contributed by atoms with Gasteiger partial charge in [0.25, 0.3) is 0 Å². The van der Waals surface area contributed by atoms with Crippen molar-refractivity contribution in [2.45, 2.75) is 110 Å². The number of carbonyl (C=O) groups excluding carboxylic acids is 1. The Balaban J connectivity index is 3.80. The molecule has 0 bridgehead atoms. The van der Waals surface area contributed by atoms with Gasteiger partial charge >= 0.3 is 6.16 Å². The molecule has 0 aromatic heterocycles. The molecule has 26 heavy (non-hydrogen) atoms. The quantitative estimate of drug-likeness (QED) is 0.117. The summed E-state index contributed by atoms with van der Waals surface area (Å²) < 4.78 is 10.4. The van der Waals surface area contributed by atoms with Crippen LogP contribution >= 0.6 is 15.9 Å². The Kier molecular flexibility index (Phi) is 20.9. The van der Waals surface area contributed by atoms with Crippen LogP contribution in [0.25, 0.3) is 0 Å². The summed E-state index contributed by atoms with van der Waals surface area (Å²) in [5.74, 6) is 0.695. The molecule has 0 atom stereocenters. The molecule has 3 nitrogen and oxygen atoms in total. The molecule has 0 aliphatic heterocycles. The van der Waals surface area contributed by atoms with Crippen LogP contribution in [0.5, 0.6) is 0 Å². The van der Waals surface area contributed by atoms with Gasteiger partial charge in [-0.05, 0) is 25.2 Å². The van der Waals surface area contributed by atoms with Gasteiger partial charge in [-0.25, -0.2) is 4.79 Å². The fourth-order valence-corrected chi connectivity index (χ4v) is 3.61. The van der Waals surface area contributed by atoms with Crippen LogP contribution in [-0.4, -0.2) is 24.7 Å². The summed E-state index contributed by atoms with van der Waals surface area (Å²) in [5.41, 5.74) is 0. The lowest BCUT2D eigenvalue weighted by Crippen LogP contribution is -2.12. The topological polar surface area (TPSA) is 35.5 Å². The van der Waals surface area contributed by atoms with Crippen molar-refractivity contribution in [2.24, 2.45) is 5.92 Å². The summed E-state index contributed by atoms with van der Waals surface area (Å²) >= 11 is 3.42. The summed E-state index contributed by atoms with van der Waals surface area (Å²) in [5, 5.41) is 1.05. The molecule has 0 saturated carbocycles. The monoisotopic (exact) mass is 434 g/mol. The molecule has 0 heterocycles. The van der Waals surface area contributed by atoms with Gasteiger partial charge in [-0.1, -0.05) is 107 Å². The summed E-state index contributed by atoms with van der Waals surface area (Å²) in [6.45, 7) is 5.50. The summed E-state index contributed by atoms with van der Waals surface area (Å²) in [6, 6.07) is 0. The molecule has 0 amide bonds. The number of unbranched alkanes of at least 4 members (excludes halogenated alkanes) is 9. The van der Waals surface area contributed by atoms with Gasteiger partial charge in [0.05, 0.1) is 13.2 Å². The van der Waals surface area contributed by atoms with E-state index in [-0.39, 0.29) is 0 Å². The summed E-state index contributed by atoms with van der Waals surface area (Å²) in [4.78, 5) is 11.7. The molecule has 0 aliphatic carbocycles. The number of carbonyl (C=O) groups is 1. The second-order valence-corrected chi connectivity index (χ2v) is 8.20. The van der Waals surface area contributed by atoms with Gasteiger partial charge in [0.2, 0.25) is 0 Å². The van der Waals surface area contributed by atoms with Crippen LogP contribution in [-0.2, 0) is 9.47 Å². The van der Waals surface area contributed by atoms with E-state index in [0.29, 0.717) is 19.1 Å². The highest BCUT2D eigenvalue weighted by atomic mass is 79.9. The van der Waals surface area contributed by atoms with Crippen LogP contribution in [0.4, 0.5) is 4.79 Å². The molecule has 4 heteroatoms. The van der Waals surface area contributed by atoms with Gasteiger partial charge in [0, 0.05) is 5.33 Å². The average Bonchev–Trinajstić information content (AvgIpc) is 2.64. The largest absolute Gasteiger partial charge is 0.508 e. The van der Waals surface area contributed by atoms with Crippen molar-refractivity contribution in [1.82, 2.24) is 0 Å². The van der Waals surface area contributed by atoms with Crippen LogP contribution in [0, 0.1) is 5.92 Å². The standard InChI is InChI=1S/C22H43BrO3/c1-3-5-7-11-15-21(16-12-8-6-4-2)17-20-26-22(24)25-19-14-10-9-13-18-23/h21H,3-20H2,1-2H3. The zero-order valence-electron chi connectivity index (χ0n) is 17.4. The van der Waals surface area contributed by atoms with Crippen molar-refractivity contribution in [3.05, 3.63) is 0 Å². The van der Waals surface area contributed by atoms with Crippen LogP contribution in [0.3, 0.4) is 0 Å². The number of hydrogen-bond acceptors (Lipinski definition) is 3. The molecule has 0 unspecified atom stereocenters. The number of halogens is 1. The molecule has 0 saturated heterocycles. The molecule has 0 fully saturated rings. The Morgan fingerprint density at radius 2 is 1.23 bits per heavy atom. The van der Waals surface area contributed by atoms with Gasteiger partial charge in [0.1, 0.15) is 0 Å². The molecule has 0 aromatic rings. The fraction of sp³-hybridized carbons (Fsp3) is 0.955. The highest BCUT2D eigenvalue weighted by molar-refractivity contribution is 9.09. The minimum atomic E-state index is -0.485. The third-order valence-electron chi connectivity index (χ3n) is 4.93. The molecule has 0 rings (SSSR count). The zero-order chi connectivity index (χ0) is 19.3. The molecular weight excluding hydrogens is 392 g/mol. The maximum absolute atomic E-state index is 11.7. The summed E-state index contributed by atoms with van der Waals surface area (Å²) in [7, 11) is 0. The molecule has 0 spiro atoms. The Labute approximate surface area is 171 Å². The second kappa shape index (κ2) is 21.1. The Morgan fingerprint density at radius 3 is 1.81 bits per heavy atom. The highest BCUT2D eigenvalue weighted by Crippen LogP contribution is 2.21. The van der Waals surface area contributed by atoms with E-state index in [1.165, 1.54) is 77.0 Å². The normalized spacial score (nSPS) is 11.1. The predicted molar refractivity (Wildman–Crippen MR) is 115 cm³/mol. The minimum absolute atomic E-state index is 0.485. The van der Waals surface area contributed by atoms with E-state index < -0.39 is 6.16 Å². The van der Waals surface area contributed by atoms with Gasteiger partial charge in [-0.3, -0.25) is 0 Å². The van der Waals surface area contributed by atoms with Crippen molar-refractivity contribution in [3.8, 4) is 0 Å². The molecule has 0 N–H and O–H groups in total. The minimum Gasteiger partial charge on any atom is -0.434 e. The molecular formula is C22H43BrO3. The Bertz CT molecular complexity index is 285. The number of alkyl halides is 1. The van der Waals surface area contributed by atoms with Crippen molar-refractivity contribution in [1.29, 1.82) is 0 Å². The molecule has 0 aliphatic rings. The van der Waals surface area contributed by atoms with E-state index in [4.69, 9.17) is 9.47 Å². The van der Waals surface area contributed by atoms with Crippen molar-refractivity contribution in [2.75, 3.05) is 18.5 Å². The van der Waals surface area contributed by atoms with Crippen LogP contribution in [0.15, 0.2) is 0 Å². The summed E-state index contributed by atoms with van der Waals surface area (Å²) in [6.07, 6.45) is 18.0. The van der Waals surface area contributed by atoms with E-state index >= 15 is 0 Å². The van der Waals surface area contributed by atoms with Gasteiger partial charge in [-0.15, -0.1) is 0 Å². The van der Waals surface area contributed by atoms with E-state index in [1.807, 2.05) is 0 Å². The highest BCUT2D eigenvalue weighted by Gasteiger charge is 2.11. The lowest BCUT2D eigenvalue weighted by molar-refractivity contribution is 0.0496. The first kappa shape index (κ1) is 25.8. The van der Waals surface area contributed by atoms with E-state index in [2.05, 4.69) is 29.8 Å². The van der Waals surface area contributed by atoms with Crippen molar-refractivity contribution >= 4 is 22.1 Å². The van der Waals surface area contributed by atoms with E-state index in [0.717, 1.165) is 24.6 Å². The number of rotatable bonds is 19. The van der Waals surface area contributed by atoms with Crippen LogP contribution < -0.4 is 0 Å². The fourth-order valence-electron chi connectivity index (χ4n) is 3.21. The van der Waals surface area contributed by atoms with Crippen LogP contribution in [0.1, 0.15) is 110 Å². The first-order valence-electron chi connectivity index (χ1n) is 11.1. The van der Waals surface area contributed by atoms with E-state index in [1.54, 1.807) is 0 Å². The Morgan fingerprint density at radius 1 is 0.692 bits per heavy atom. The Hall–Kier alpha value is -0.250. The SMILES string of the molecule is CCCCCCC(CCCCCC)CCOC(=O)OCCCCCCBr. The smallest absolute Gasteiger partial charge is 0.434 e. The maximum atomic E-state index is 11.7. The zero-order valence-corrected chi connectivity index (χ0v) is 19.0. The number of hydrogen-bond donors (Lipinski definition) is 0. The lowest BCUT2D eigenvalue weighted by atomic mass is 9.92. The lowest BCUT2D eigenvalue weighted by Gasteiger charge is -2.17. The first-order valence-corrected chi connectivity index (χ1v) is 12.2. The third kappa shape index (κ3) is 18.5. The average molecular weight is 435 g/mol. The van der Waals surface area contributed by atoms with Crippen LogP contribution in [0.2, 0.25) is 0 Å². The maximum Gasteiger partial charge on any atom is 0.508 e. The van der Waals surface area contributed by atoms with Gasteiger partial charge in [0.15, 0.2) is 0 Å². The van der Waals surface area contributed by atoms with Crippen molar-refractivity contribution < 1.29 is 14.3 Å². The first-order chi connectivity index (χ1) is 12.7. The second-order valence-electron chi connectivity index (χ2n) is 7.40. The van der Waals surface area contributed by atoms with Crippen molar-refractivity contribution in [3.63, 3.8) is 0 Å². The number of ether oxygens (including phenoxy) is 2. The van der Waals surface area contributed by atoms with E-state index in [9.17, 15) is 4.79 Å². The van der Waals surface area contributed by atoms with Gasteiger partial charge < -0.3 is 9.47 Å². The molecule has 0 radical (unpaired) electrons. The molecule has 156 valence electrons. The molecule has 0 aromatic carbocycles. The van der Waals surface area contributed by atoms with Gasteiger partial charge in [-0.2, -0.15) is 0 Å².